The van der Waals surface area contributed by atoms with Crippen molar-refractivity contribution in [1.82, 2.24) is 9.97 Å². The van der Waals surface area contributed by atoms with Crippen molar-refractivity contribution in [3.05, 3.63) is 34.6 Å². The molecule has 1 aromatic heterocycles. The van der Waals surface area contributed by atoms with Crippen LogP contribution in [0.15, 0.2) is 28.9 Å². The Labute approximate surface area is 90.5 Å². The van der Waals surface area contributed by atoms with Crippen LogP contribution in [0.4, 0.5) is 0 Å². The van der Waals surface area contributed by atoms with Crippen molar-refractivity contribution in [1.29, 1.82) is 0 Å². The number of para-hydroxylation sites is 2. The molecular weight excluding hydrogens is 240 g/mol. The fourth-order valence-electron chi connectivity index (χ4n) is 1.61. The number of hydrogen-bond donors (Lipinski definition) is 0. The summed E-state index contributed by atoms with van der Waals surface area (Å²) in [6, 6.07) is 7.99. The first-order chi connectivity index (χ1) is 6.84. The van der Waals surface area contributed by atoms with Crippen LogP contribution >= 0.6 is 15.9 Å². The van der Waals surface area contributed by atoms with E-state index in [0.29, 0.717) is 5.92 Å². The first kappa shape index (κ1) is 8.36. The summed E-state index contributed by atoms with van der Waals surface area (Å²) in [5.74, 6) is 0.640. The standard InChI is InChI=1S/C11H9BrN2/c12-11-10(7-5-6-7)13-8-3-1-2-4-9(8)14-11/h1-4,7H,5-6H2. The number of nitrogens with zero attached hydrogens (tertiary/aromatic N) is 2. The van der Waals surface area contributed by atoms with Crippen LogP contribution in [0.2, 0.25) is 0 Å². The normalized spacial score (nSPS) is 16.1. The summed E-state index contributed by atoms with van der Waals surface area (Å²) in [4.78, 5) is 9.12. The minimum Gasteiger partial charge on any atom is -0.248 e. The Balaban J connectivity index is 2.26. The summed E-state index contributed by atoms with van der Waals surface area (Å²) in [5, 5.41) is 0. The van der Waals surface area contributed by atoms with E-state index in [4.69, 9.17) is 0 Å². The molecule has 14 heavy (non-hydrogen) atoms. The molecule has 2 nitrogen and oxygen atoms in total. The van der Waals surface area contributed by atoms with E-state index >= 15 is 0 Å². The Morgan fingerprint density at radius 3 is 2.36 bits per heavy atom. The van der Waals surface area contributed by atoms with Crippen LogP contribution in [0.5, 0.6) is 0 Å². The maximum absolute atomic E-state index is 4.63. The topological polar surface area (TPSA) is 25.8 Å². The Morgan fingerprint density at radius 2 is 1.71 bits per heavy atom. The minimum absolute atomic E-state index is 0.640. The molecule has 3 rings (SSSR count). The highest BCUT2D eigenvalue weighted by molar-refractivity contribution is 9.10. The van der Waals surface area contributed by atoms with E-state index in [1.165, 1.54) is 12.8 Å². The molecule has 0 bridgehead atoms. The lowest BCUT2D eigenvalue weighted by atomic mass is 10.2. The molecule has 1 heterocycles. The smallest absolute Gasteiger partial charge is 0.128 e. The molecule has 0 spiro atoms. The second-order valence-corrected chi connectivity index (χ2v) is 4.41. The number of aromatic nitrogens is 2. The molecule has 1 aliphatic carbocycles. The zero-order valence-corrected chi connectivity index (χ0v) is 9.16. The number of fused-ring (bicyclic) bond motifs is 1. The van der Waals surface area contributed by atoms with Gasteiger partial charge in [0.05, 0.1) is 16.7 Å². The third-order valence-corrected chi connectivity index (χ3v) is 3.10. The summed E-state index contributed by atoms with van der Waals surface area (Å²) in [5.41, 5.74) is 3.09. The lowest BCUT2D eigenvalue weighted by molar-refractivity contribution is 0.998. The molecule has 0 atom stereocenters. The molecule has 0 unspecified atom stereocenters. The van der Waals surface area contributed by atoms with Gasteiger partial charge in [-0.1, -0.05) is 12.1 Å². The molecule has 2 aromatic rings. The van der Waals surface area contributed by atoms with Gasteiger partial charge in [-0.3, -0.25) is 0 Å². The van der Waals surface area contributed by atoms with E-state index in [1.54, 1.807) is 0 Å². The van der Waals surface area contributed by atoms with E-state index in [2.05, 4.69) is 25.9 Å². The summed E-state index contributed by atoms with van der Waals surface area (Å²) in [6.07, 6.45) is 2.51. The maximum Gasteiger partial charge on any atom is 0.128 e. The fourth-order valence-corrected chi connectivity index (χ4v) is 2.21. The van der Waals surface area contributed by atoms with Crippen molar-refractivity contribution in [2.24, 2.45) is 0 Å². The van der Waals surface area contributed by atoms with E-state index < -0.39 is 0 Å². The Morgan fingerprint density at radius 1 is 1.07 bits per heavy atom. The predicted molar refractivity (Wildman–Crippen MR) is 59.2 cm³/mol. The van der Waals surface area contributed by atoms with Crippen molar-refractivity contribution < 1.29 is 0 Å². The van der Waals surface area contributed by atoms with E-state index in [9.17, 15) is 0 Å². The van der Waals surface area contributed by atoms with E-state index in [0.717, 1.165) is 21.3 Å². The molecule has 0 saturated heterocycles. The second-order valence-electron chi connectivity index (χ2n) is 3.66. The van der Waals surface area contributed by atoms with E-state index in [-0.39, 0.29) is 0 Å². The van der Waals surface area contributed by atoms with Crippen LogP contribution in [0, 0.1) is 0 Å². The Kier molecular flexibility index (Phi) is 1.80. The summed E-state index contributed by atoms with van der Waals surface area (Å²) < 4.78 is 0.915. The van der Waals surface area contributed by atoms with Gasteiger partial charge in [0, 0.05) is 5.92 Å². The van der Waals surface area contributed by atoms with Crippen LogP contribution in [0.3, 0.4) is 0 Å². The van der Waals surface area contributed by atoms with Crippen molar-refractivity contribution in [2.45, 2.75) is 18.8 Å². The third kappa shape index (κ3) is 1.32. The van der Waals surface area contributed by atoms with Gasteiger partial charge >= 0.3 is 0 Å². The molecule has 1 saturated carbocycles. The molecule has 1 fully saturated rings. The highest BCUT2D eigenvalue weighted by Gasteiger charge is 2.28. The number of rotatable bonds is 1. The summed E-state index contributed by atoms with van der Waals surface area (Å²) in [7, 11) is 0. The van der Waals surface area contributed by atoms with Crippen molar-refractivity contribution in [3.8, 4) is 0 Å². The first-order valence-corrected chi connectivity index (χ1v) is 5.56. The first-order valence-electron chi connectivity index (χ1n) is 4.77. The van der Waals surface area contributed by atoms with Crippen LogP contribution < -0.4 is 0 Å². The van der Waals surface area contributed by atoms with Gasteiger partial charge < -0.3 is 0 Å². The SMILES string of the molecule is Brc1nc2ccccc2nc1C1CC1. The van der Waals surface area contributed by atoms with Gasteiger partial charge in [-0.05, 0) is 40.9 Å². The monoisotopic (exact) mass is 248 g/mol. The molecular formula is C11H9BrN2. The van der Waals surface area contributed by atoms with Gasteiger partial charge in [-0.2, -0.15) is 0 Å². The molecule has 0 amide bonds. The van der Waals surface area contributed by atoms with Gasteiger partial charge in [0.15, 0.2) is 0 Å². The number of hydrogen-bond acceptors (Lipinski definition) is 2. The molecule has 1 aromatic carbocycles. The summed E-state index contributed by atoms with van der Waals surface area (Å²) >= 11 is 3.48. The molecule has 70 valence electrons. The predicted octanol–water partition coefficient (Wildman–Crippen LogP) is 3.27. The average Bonchev–Trinajstić information content (AvgIpc) is 3.00. The Hall–Kier alpha value is -0.960. The third-order valence-electron chi connectivity index (χ3n) is 2.52. The minimum atomic E-state index is 0.640. The van der Waals surface area contributed by atoms with Crippen molar-refractivity contribution in [3.63, 3.8) is 0 Å². The van der Waals surface area contributed by atoms with Crippen LogP contribution in [0.25, 0.3) is 11.0 Å². The molecule has 0 N–H and O–H groups in total. The van der Waals surface area contributed by atoms with Gasteiger partial charge in [-0.25, -0.2) is 9.97 Å². The number of halogens is 1. The van der Waals surface area contributed by atoms with Gasteiger partial charge in [0.25, 0.3) is 0 Å². The quantitative estimate of drug-likeness (QED) is 0.775. The van der Waals surface area contributed by atoms with Gasteiger partial charge in [0.2, 0.25) is 0 Å². The summed E-state index contributed by atoms with van der Waals surface area (Å²) in [6.45, 7) is 0. The van der Waals surface area contributed by atoms with Gasteiger partial charge in [0.1, 0.15) is 4.60 Å². The number of benzene rings is 1. The Bertz CT molecular complexity index is 492. The van der Waals surface area contributed by atoms with Crippen molar-refractivity contribution >= 4 is 27.0 Å². The molecule has 0 radical (unpaired) electrons. The highest BCUT2D eigenvalue weighted by atomic mass is 79.9. The zero-order valence-electron chi connectivity index (χ0n) is 7.57. The van der Waals surface area contributed by atoms with Crippen LogP contribution in [-0.2, 0) is 0 Å². The highest BCUT2D eigenvalue weighted by Crippen LogP contribution is 2.41. The fraction of sp³-hybridized carbons (Fsp3) is 0.273. The van der Waals surface area contributed by atoms with Crippen molar-refractivity contribution in [2.75, 3.05) is 0 Å². The van der Waals surface area contributed by atoms with Gasteiger partial charge in [-0.15, -0.1) is 0 Å². The van der Waals surface area contributed by atoms with E-state index in [1.807, 2.05) is 24.3 Å². The molecule has 0 aliphatic heterocycles. The average molecular weight is 249 g/mol. The second kappa shape index (κ2) is 3.02. The lowest BCUT2D eigenvalue weighted by Crippen LogP contribution is -1.93. The molecule has 1 aliphatic rings. The zero-order chi connectivity index (χ0) is 9.54. The van der Waals surface area contributed by atoms with Crippen LogP contribution in [0.1, 0.15) is 24.5 Å². The molecule has 3 heteroatoms. The lowest BCUT2D eigenvalue weighted by Gasteiger charge is -2.02. The maximum atomic E-state index is 4.63. The largest absolute Gasteiger partial charge is 0.248 e. The van der Waals surface area contributed by atoms with Crippen LogP contribution in [-0.4, -0.2) is 9.97 Å².